The van der Waals surface area contributed by atoms with Crippen molar-refractivity contribution >= 4 is 0 Å². The van der Waals surface area contributed by atoms with Gasteiger partial charge in [-0.1, -0.05) is 55.5 Å². The summed E-state index contributed by atoms with van der Waals surface area (Å²) in [4.78, 5) is 0. The molecule has 0 bridgehead atoms. The molecule has 2 heteroatoms. The van der Waals surface area contributed by atoms with E-state index in [0.717, 1.165) is 17.7 Å². The fourth-order valence-electron chi connectivity index (χ4n) is 2.09. The number of nitriles is 1. The van der Waals surface area contributed by atoms with Crippen molar-refractivity contribution in [2.75, 3.05) is 0 Å². The fourth-order valence-corrected chi connectivity index (χ4v) is 2.09. The molecule has 0 aliphatic carbocycles. The van der Waals surface area contributed by atoms with Crippen LogP contribution in [0.5, 0.6) is 5.75 Å². The third kappa shape index (κ3) is 4.81. The van der Waals surface area contributed by atoms with Gasteiger partial charge >= 0.3 is 0 Å². The highest BCUT2D eigenvalue weighted by Gasteiger charge is 2.04. The van der Waals surface area contributed by atoms with Gasteiger partial charge in [0.25, 0.3) is 0 Å². The first-order valence-corrected chi connectivity index (χ1v) is 7.11. The van der Waals surface area contributed by atoms with Crippen LogP contribution in [0.15, 0.2) is 66.7 Å². The Balaban J connectivity index is 1.90. The minimum Gasteiger partial charge on any atom is -0.489 e. The van der Waals surface area contributed by atoms with Gasteiger partial charge in [-0.15, -0.1) is 0 Å². The summed E-state index contributed by atoms with van der Waals surface area (Å²) in [6, 6.07) is 20.3. The second-order valence-electron chi connectivity index (χ2n) is 5.01. The number of nitrogens with zero attached hydrogens (tertiary/aromatic N) is 1. The number of hydrogen-bond acceptors (Lipinski definition) is 2. The smallest absolute Gasteiger partial charge is 0.119 e. The predicted molar refractivity (Wildman–Crippen MR) is 85.0 cm³/mol. The lowest BCUT2D eigenvalue weighted by molar-refractivity contribution is 0.306. The Morgan fingerprint density at radius 3 is 2.48 bits per heavy atom. The van der Waals surface area contributed by atoms with Crippen LogP contribution < -0.4 is 4.74 Å². The van der Waals surface area contributed by atoms with E-state index in [2.05, 4.69) is 31.2 Å². The summed E-state index contributed by atoms with van der Waals surface area (Å²) in [5, 5.41) is 8.49. The summed E-state index contributed by atoms with van der Waals surface area (Å²) < 4.78 is 5.77. The Morgan fingerprint density at radius 2 is 1.81 bits per heavy atom. The Labute approximate surface area is 126 Å². The average molecular weight is 277 g/mol. The predicted octanol–water partition coefficient (Wildman–Crippen LogP) is 4.84. The fraction of sp³-hybridized carbons (Fsp3) is 0.211. The molecule has 0 saturated heterocycles. The average Bonchev–Trinajstić information content (AvgIpc) is 2.54. The van der Waals surface area contributed by atoms with Crippen molar-refractivity contribution in [3.8, 4) is 11.8 Å². The highest BCUT2D eigenvalue weighted by Crippen LogP contribution is 2.22. The summed E-state index contributed by atoms with van der Waals surface area (Å²) in [5.41, 5.74) is 2.42. The lowest BCUT2D eigenvalue weighted by Crippen LogP contribution is -1.96. The van der Waals surface area contributed by atoms with Gasteiger partial charge in [0.2, 0.25) is 0 Å². The third-order valence-corrected chi connectivity index (χ3v) is 3.38. The van der Waals surface area contributed by atoms with Crippen LogP contribution in [-0.2, 0) is 6.61 Å². The topological polar surface area (TPSA) is 33.0 Å². The van der Waals surface area contributed by atoms with Crippen molar-refractivity contribution in [2.24, 2.45) is 0 Å². The third-order valence-electron chi connectivity index (χ3n) is 3.38. The van der Waals surface area contributed by atoms with Gasteiger partial charge in [0.15, 0.2) is 0 Å². The van der Waals surface area contributed by atoms with Gasteiger partial charge in [-0.3, -0.25) is 0 Å². The summed E-state index contributed by atoms with van der Waals surface area (Å²) in [7, 11) is 0. The standard InChI is InChI=1S/C19H19NO/c1-16(7-5-6-14-20)18-10-12-19(13-11-18)21-15-17-8-3-2-4-9-17/h2-6,8-13,16H,7,15H2,1H3/b6-5+/t16-/m0/s1. The van der Waals surface area contributed by atoms with Gasteiger partial charge in [-0.2, -0.15) is 5.26 Å². The van der Waals surface area contributed by atoms with Crippen LogP contribution in [-0.4, -0.2) is 0 Å². The van der Waals surface area contributed by atoms with E-state index in [1.54, 1.807) is 0 Å². The minimum absolute atomic E-state index is 0.401. The van der Waals surface area contributed by atoms with E-state index in [-0.39, 0.29) is 0 Å². The van der Waals surface area contributed by atoms with Gasteiger partial charge < -0.3 is 4.74 Å². The van der Waals surface area contributed by atoms with Crippen LogP contribution in [0.1, 0.15) is 30.4 Å². The molecule has 0 unspecified atom stereocenters. The summed E-state index contributed by atoms with van der Waals surface area (Å²) in [6.45, 7) is 2.74. The van der Waals surface area contributed by atoms with Gasteiger partial charge in [-0.25, -0.2) is 0 Å². The number of allylic oxidation sites excluding steroid dienone is 2. The first-order chi connectivity index (χ1) is 10.3. The molecule has 106 valence electrons. The number of ether oxygens (including phenoxy) is 1. The molecule has 2 aromatic rings. The Morgan fingerprint density at radius 1 is 1.10 bits per heavy atom. The largest absolute Gasteiger partial charge is 0.489 e. The number of benzene rings is 2. The molecule has 1 atom stereocenters. The second-order valence-corrected chi connectivity index (χ2v) is 5.01. The maximum absolute atomic E-state index is 8.49. The van der Waals surface area contributed by atoms with Crippen LogP contribution in [0.2, 0.25) is 0 Å². The summed E-state index contributed by atoms with van der Waals surface area (Å²) >= 11 is 0. The van der Waals surface area contributed by atoms with Gasteiger partial charge in [0.1, 0.15) is 12.4 Å². The molecule has 2 nitrogen and oxygen atoms in total. The molecule has 0 aliphatic rings. The van der Waals surface area contributed by atoms with Crippen molar-refractivity contribution in [2.45, 2.75) is 25.9 Å². The molecule has 0 radical (unpaired) electrons. The van der Waals surface area contributed by atoms with Crippen LogP contribution in [0.3, 0.4) is 0 Å². The molecular formula is C19H19NO. The van der Waals surface area contributed by atoms with Crippen LogP contribution in [0, 0.1) is 11.3 Å². The van der Waals surface area contributed by atoms with Crippen molar-refractivity contribution in [3.05, 3.63) is 77.9 Å². The van der Waals surface area contributed by atoms with Crippen LogP contribution in [0.25, 0.3) is 0 Å². The van der Waals surface area contributed by atoms with Crippen molar-refractivity contribution in [1.82, 2.24) is 0 Å². The van der Waals surface area contributed by atoms with Crippen molar-refractivity contribution < 1.29 is 4.74 Å². The highest BCUT2D eigenvalue weighted by atomic mass is 16.5. The molecule has 0 aromatic heterocycles. The van der Waals surface area contributed by atoms with Crippen LogP contribution in [0.4, 0.5) is 0 Å². The molecule has 0 N–H and O–H groups in total. The molecule has 0 fully saturated rings. The van der Waals surface area contributed by atoms with E-state index in [1.807, 2.05) is 42.5 Å². The van der Waals surface area contributed by atoms with Crippen LogP contribution >= 0.6 is 0 Å². The second kappa shape index (κ2) is 7.91. The Kier molecular flexibility index (Phi) is 5.60. The monoisotopic (exact) mass is 277 g/mol. The lowest BCUT2D eigenvalue weighted by atomic mass is 9.97. The molecule has 0 amide bonds. The van der Waals surface area contributed by atoms with E-state index < -0.39 is 0 Å². The maximum Gasteiger partial charge on any atom is 0.119 e. The molecule has 0 spiro atoms. The van der Waals surface area contributed by atoms with E-state index in [9.17, 15) is 0 Å². The summed E-state index contributed by atoms with van der Waals surface area (Å²) in [5.74, 6) is 1.28. The molecule has 2 aromatic carbocycles. The SMILES string of the molecule is C[C@@H](C/C=C/C#N)c1ccc(OCc2ccccc2)cc1. The zero-order valence-corrected chi connectivity index (χ0v) is 12.2. The first kappa shape index (κ1) is 14.9. The first-order valence-electron chi connectivity index (χ1n) is 7.11. The Hall–Kier alpha value is -2.53. The lowest BCUT2D eigenvalue weighted by Gasteiger charge is -2.11. The molecule has 0 heterocycles. The maximum atomic E-state index is 8.49. The van der Waals surface area contributed by atoms with Crippen molar-refractivity contribution in [1.29, 1.82) is 5.26 Å². The van der Waals surface area contributed by atoms with E-state index in [4.69, 9.17) is 10.00 Å². The zero-order chi connectivity index (χ0) is 14.9. The summed E-state index contributed by atoms with van der Waals surface area (Å²) in [6.07, 6.45) is 4.32. The van der Waals surface area contributed by atoms with E-state index >= 15 is 0 Å². The van der Waals surface area contributed by atoms with Crippen molar-refractivity contribution in [3.63, 3.8) is 0 Å². The zero-order valence-electron chi connectivity index (χ0n) is 12.2. The Bertz CT molecular complexity index is 608. The van der Waals surface area contributed by atoms with E-state index in [1.165, 1.54) is 11.6 Å². The van der Waals surface area contributed by atoms with E-state index in [0.29, 0.717) is 12.5 Å². The minimum atomic E-state index is 0.401. The quantitative estimate of drug-likeness (QED) is 0.708. The number of rotatable bonds is 6. The molecule has 0 saturated carbocycles. The molecule has 0 aliphatic heterocycles. The van der Waals surface area contributed by atoms with Gasteiger partial charge in [0, 0.05) is 6.08 Å². The molecular weight excluding hydrogens is 258 g/mol. The number of hydrogen-bond donors (Lipinski definition) is 0. The molecule has 2 rings (SSSR count). The van der Waals surface area contributed by atoms with Gasteiger partial charge in [0.05, 0.1) is 6.07 Å². The highest BCUT2D eigenvalue weighted by molar-refractivity contribution is 5.30. The van der Waals surface area contributed by atoms with Gasteiger partial charge in [-0.05, 0) is 35.6 Å². The molecule has 21 heavy (non-hydrogen) atoms. The normalized spacial score (nSPS) is 12.0.